The summed E-state index contributed by atoms with van der Waals surface area (Å²) in [5, 5.41) is 12.4. The maximum Gasteiger partial charge on any atom is 0.416 e. The summed E-state index contributed by atoms with van der Waals surface area (Å²) in [5.74, 6) is 1.40. The van der Waals surface area contributed by atoms with Crippen molar-refractivity contribution in [2.75, 3.05) is 0 Å². The second kappa shape index (κ2) is 16.1. The van der Waals surface area contributed by atoms with Gasteiger partial charge in [-0.25, -0.2) is 8.78 Å². The Hall–Kier alpha value is -5.31. The van der Waals surface area contributed by atoms with E-state index in [9.17, 15) is 37.1 Å². The van der Waals surface area contributed by atoms with Gasteiger partial charge in [-0.05, 0) is 110 Å². The van der Waals surface area contributed by atoms with Gasteiger partial charge in [0.25, 0.3) is 5.56 Å². The third-order valence-corrected chi connectivity index (χ3v) is 8.40. The molecule has 0 aliphatic heterocycles. The lowest BCUT2D eigenvalue weighted by Gasteiger charge is -2.27. The molecule has 0 saturated heterocycles. The maximum atomic E-state index is 16.1. The number of carboxylic acids is 1. The van der Waals surface area contributed by atoms with E-state index in [-0.39, 0.29) is 41.9 Å². The molecule has 7 nitrogen and oxygen atoms in total. The Morgan fingerprint density at radius 3 is 2.27 bits per heavy atom. The molecule has 4 rings (SSSR count). The van der Waals surface area contributed by atoms with Crippen molar-refractivity contribution < 1.29 is 36.6 Å². The summed E-state index contributed by atoms with van der Waals surface area (Å²) < 4.78 is 73.6. The first kappa shape index (κ1) is 38.5. The highest BCUT2D eigenvalue weighted by Gasteiger charge is 2.36. The second-order valence-corrected chi connectivity index (χ2v) is 12.8. The van der Waals surface area contributed by atoms with E-state index in [1.54, 1.807) is 45.9 Å². The Bertz CT molecular complexity index is 2020. The number of carboxylic acid groups (broad SMARTS) is 1. The van der Waals surface area contributed by atoms with Crippen LogP contribution in [0.5, 0.6) is 0 Å². The van der Waals surface area contributed by atoms with Gasteiger partial charge in [-0.15, -0.1) is 5.92 Å². The van der Waals surface area contributed by atoms with E-state index < -0.39 is 59.3 Å². The number of nitrogens with one attached hydrogen (secondary N) is 1. The summed E-state index contributed by atoms with van der Waals surface area (Å²) in [6.07, 6.45) is -3.15. The lowest BCUT2D eigenvalue weighted by Crippen LogP contribution is -2.40. The van der Waals surface area contributed by atoms with Crippen LogP contribution in [0.15, 0.2) is 65.7 Å². The van der Waals surface area contributed by atoms with Crippen molar-refractivity contribution in [2.24, 2.45) is 5.92 Å². The summed E-state index contributed by atoms with van der Waals surface area (Å²) in [6, 6.07) is 8.04. The van der Waals surface area contributed by atoms with E-state index in [1.165, 1.54) is 37.4 Å². The van der Waals surface area contributed by atoms with Crippen LogP contribution in [0, 0.1) is 43.2 Å². The van der Waals surface area contributed by atoms with Crippen LogP contribution in [0.25, 0.3) is 11.1 Å². The van der Waals surface area contributed by atoms with Gasteiger partial charge in [-0.1, -0.05) is 25.8 Å². The number of carbonyl (C=O) groups excluding carboxylic acids is 1. The number of rotatable bonds is 12. The zero-order valence-electron chi connectivity index (χ0n) is 28.8. The van der Waals surface area contributed by atoms with E-state index in [1.807, 2.05) is 0 Å². The van der Waals surface area contributed by atoms with Gasteiger partial charge in [0.1, 0.15) is 17.7 Å². The summed E-state index contributed by atoms with van der Waals surface area (Å²) in [4.78, 5) is 43.7. The molecule has 0 aliphatic carbocycles. The summed E-state index contributed by atoms with van der Waals surface area (Å²) in [7, 11) is 0. The number of halogens is 5. The largest absolute Gasteiger partial charge is 0.481 e. The molecule has 268 valence electrons. The van der Waals surface area contributed by atoms with Crippen LogP contribution in [0.3, 0.4) is 0 Å². The number of carbonyl (C=O) groups is 2. The molecule has 2 atom stereocenters. The molecular weight excluding hydrogens is 669 g/mol. The third-order valence-electron chi connectivity index (χ3n) is 8.40. The van der Waals surface area contributed by atoms with Crippen molar-refractivity contribution in [2.45, 2.75) is 78.6 Å². The number of aryl methyl sites for hydroxylation is 4. The zero-order chi connectivity index (χ0) is 37.6. The number of aliphatic carboxylic acids is 1. The number of aromatic nitrogens is 2. The van der Waals surface area contributed by atoms with E-state index in [4.69, 9.17) is 0 Å². The van der Waals surface area contributed by atoms with Crippen LogP contribution in [0.4, 0.5) is 22.0 Å². The minimum absolute atomic E-state index is 0.0143. The van der Waals surface area contributed by atoms with Crippen molar-refractivity contribution in [1.29, 1.82) is 0 Å². The number of hydrogen-bond acceptors (Lipinski definition) is 4. The standard InChI is InChI=1S/C39H38F5N3O4/c1-6-9-25-17-27(36-23(4)15-28(40)16-24(36)5)18-30(37(25)41)32(20-35(49)50)46-38(51)33(14-22(2)3)47-21-26(11-12-29-10-7-8-13-45-29)31(19-34(47)48)39(42,43)44/h7-8,10,13,15-19,21-22,32-33H,11-12,14,20H2,1-5H3,(H,46,51)(H,49,50)/t32-,33+/m0/s1. The molecule has 2 N–H and O–H groups in total. The van der Waals surface area contributed by atoms with Crippen molar-refractivity contribution in [3.8, 4) is 23.0 Å². The van der Waals surface area contributed by atoms with Gasteiger partial charge in [0.15, 0.2) is 0 Å². The average Bonchev–Trinajstić information content (AvgIpc) is 3.03. The summed E-state index contributed by atoms with van der Waals surface area (Å²) >= 11 is 0. The molecule has 0 unspecified atom stereocenters. The SMILES string of the molecule is CC#Cc1cc(-c2c(C)cc(F)cc2C)cc([C@H](CC(=O)O)NC(=O)[C@@H](CC(C)C)n2cc(CCc3ccccn3)c(C(F)(F)F)cc2=O)c1F. The van der Waals surface area contributed by atoms with Crippen LogP contribution in [-0.2, 0) is 28.6 Å². The van der Waals surface area contributed by atoms with Gasteiger partial charge in [0.2, 0.25) is 5.91 Å². The van der Waals surface area contributed by atoms with Gasteiger partial charge < -0.3 is 15.0 Å². The average molecular weight is 708 g/mol. The van der Waals surface area contributed by atoms with Gasteiger partial charge in [0.05, 0.1) is 23.6 Å². The van der Waals surface area contributed by atoms with Crippen LogP contribution < -0.4 is 10.9 Å². The first-order valence-electron chi connectivity index (χ1n) is 16.3. The lowest BCUT2D eigenvalue weighted by molar-refractivity contribution is -0.139. The molecule has 2 aromatic carbocycles. The monoisotopic (exact) mass is 707 g/mol. The predicted molar refractivity (Wildman–Crippen MR) is 183 cm³/mol. The highest BCUT2D eigenvalue weighted by atomic mass is 19.4. The summed E-state index contributed by atoms with van der Waals surface area (Å²) in [5.41, 5.74) is -0.229. The molecule has 0 fully saturated rings. The fourth-order valence-corrected chi connectivity index (χ4v) is 6.22. The minimum Gasteiger partial charge on any atom is -0.481 e. The van der Waals surface area contributed by atoms with Crippen molar-refractivity contribution in [3.63, 3.8) is 0 Å². The third kappa shape index (κ3) is 9.48. The zero-order valence-corrected chi connectivity index (χ0v) is 28.8. The van der Waals surface area contributed by atoms with Gasteiger partial charge in [-0.3, -0.25) is 19.4 Å². The molecule has 2 heterocycles. The van der Waals surface area contributed by atoms with Crippen molar-refractivity contribution in [1.82, 2.24) is 14.9 Å². The van der Waals surface area contributed by atoms with Crippen LogP contribution >= 0.6 is 0 Å². The molecule has 2 aromatic heterocycles. The number of amides is 1. The highest BCUT2D eigenvalue weighted by Crippen LogP contribution is 2.35. The summed E-state index contributed by atoms with van der Waals surface area (Å²) in [6.45, 7) is 8.31. The number of benzene rings is 2. The molecule has 0 bridgehead atoms. The Morgan fingerprint density at radius 1 is 1.02 bits per heavy atom. The molecule has 0 aliphatic rings. The predicted octanol–water partition coefficient (Wildman–Crippen LogP) is 7.90. The molecular formula is C39H38F5N3O4. The molecule has 51 heavy (non-hydrogen) atoms. The fourth-order valence-electron chi connectivity index (χ4n) is 6.22. The number of hydrogen-bond donors (Lipinski definition) is 2. The van der Waals surface area contributed by atoms with Gasteiger partial charge in [0, 0.05) is 29.7 Å². The fraction of sp³-hybridized carbons (Fsp3) is 0.333. The van der Waals surface area contributed by atoms with Crippen LogP contribution in [0.1, 0.15) is 84.8 Å². The molecule has 4 aromatic rings. The van der Waals surface area contributed by atoms with E-state index in [2.05, 4.69) is 22.1 Å². The Labute approximate surface area is 292 Å². The van der Waals surface area contributed by atoms with Crippen LogP contribution in [-0.4, -0.2) is 26.5 Å². The molecule has 0 saturated carbocycles. The van der Waals surface area contributed by atoms with Gasteiger partial charge in [-0.2, -0.15) is 13.2 Å². The second-order valence-electron chi connectivity index (χ2n) is 12.8. The Balaban J connectivity index is 1.83. The van der Waals surface area contributed by atoms with E-state index >= 15 is 4.39 Å². The number of pyridine rings is 2. The normalized spacial score (nSPS) is 12.6. The molecule has 1 amide bonds. The van der Waals surface area contributed by atoms with Crippen molar-refractivity contribution >= 4 is 11.9 Å². The Kier molecular flexibility index (Phi) is 12.2. The topological polar surface area (TPSA) is 101 Å². The van der Waals surface area contributed by atoms with Crippen molar-refractivity contribution in [3.05, 3.63) is 122 Å². The molecule has 0 radical (unpaired) electrons. The van der Waals surface area contributed by atoms with E-state index in [0.717, 1.165) is 10.8 Å². The maximum absolute atomic E-state index is 16.1. The first-order chi connectivity index (χ1) is 24.0. The molecule has 12 heteroatoms. The number of alkyl halides is 3. The quantitative estimate of drug-likeness (QED) is 0.115. The Morgan fingerprint density at radius 2 is 1.71 bits per heavy atom. The lowest BCUT2D eigenvalue weighted by atomic mass is 9.90. The minimum atomic E-state index is -4.86. The first-order valence-corrected chi connectivity index (χ1v) is 16.3. The van der Waals surface area contributed by atoms with E-state index in [0.29, 0.717) is 34.0 Å². The number of nitrogens with zero attached hydrogens (tertiary/aromatic N) is 2. The molecule has 0 spiro atoms. The van der Waals surface area contributed by atoms with Crippen LogP contribution in [0.2, 0.25) is 0 Å². The highest BCUT2D eigenvalue weighted by molar-refractivity contribution is 5.82. The smallest absolute Gasteiger partial charge is 0.416 e. The van der Waals surface area contributed by atoms with Gasteiger partial charge >= 0.3 is 12.1 Å².